The first-order valence-corrected chi connectivity index (χ1v) is 4.63. The molecule has 0 aliphatic carbocycles. The van der Waals surface area contributed by atoms with Crippen LogP contribution < -0.4 is 0 Å². The first-order valence-electron chi connectivity index (χ1n) is 4.63. The first kappa shape index (κ1) is 8.71. The van der Waals surface area contributed by atoms with Crippen molar-refractivity contribution in [1.82, 2.24) is 4.98 Å². The van der Waals surface area contributed by atoms with Crippen LogP contribution in [0.5, 0.6) is 0 Å². The van der Waals surface area contributed by atoms with E-state index in [9.17, 15) is 0 Å². The third-order valence-electron chi connectivity index (χ3n) is 2.30. The van der Waals surface area contributed by atoms with E-state index in [1.807, 2.05) is 18.2 Å². The van der Waals surface area contributed by atoms with Crippen molar-refractivity contribution in [1.29, 1.82) is 5.26 Å². The molecule has 0 amide bonds. The molecular formula is C12H10N2. The van der Waals surface area contributed by atoms with Gasteiger partial charge in [0.15, 0.2) is 0 Å². The molecule has 0 N–H and O–H groups in total. The highest BCUT2D eigenvalue weighted by atomic mass is 14.7. The van der Waals surface area contributed by atoms with E-state index in [0.717, 1.165) is 17.3 Å². The van der Waals surface area contributed by atoms with Crippen molar-refractivity contribution in [3.8, 4) is 6.07 Å². The number of benzene rings is 1. The van der Waals surface area contributed by atoms with Crippen LogP contribution in [0.1, 0.15) is 18.1 Å². The number of pyridine rings is 1. The number of nitriles is 1. The third-order valence-corrected chi connectivity index (χ3v) is 2.30. The van der Waals surface area contributed by atoms with Crippen LogP contribution in [0.3, 0.4) is 0 Å². The Bertz CT molecular complexity index is 509. The summed E-state index contributed by atoms with van der Waals surface area (Å²) in [5.74, 6) is 0. The fraction of sp³-hybridized carbons (Fsp3) is 0.167. The van der Waals surface area contributed by atoms with Gasteiger partial charge in [0, 0.05) is 11.6 Å². The number of aromatic nitrogens is 1. The maximum atomic E-state index is 8.73. The van der Waals surface area contributed by atoms with E-state index < -0.39 is 0 Å². The second-order valence-corrected chi connectivity index (χ2v) is 3.18. The van der Waals surface area contributed by atoms with Gasteiger partial charge >= 0.3 is 0 Å². The van der Waals surface area contributed by atoms with Gasteiger partial charge in [0.2, 0.25) is 0 Å². The van der Waals surface area contributed by atoms with Crippen molar-refractivity contribution >= 4 is 10.9 Å². The Labute approximate surface area is 82.8 Å². The van der Waals surface area contributed by atoms with Gasteiger partial charge < -0.3 is 0 Å². The smallest absolute Gasteiger partial charge is 0.101 e. The van der Waals surface area contributed by atoms with Gasteiger partial charge in [-0.25, -0.2) is 0 Å². The minimum Gasteiger partial charge on any atom is -0.255 e. The summed E-state index contributed by atoms with van der Waals surface area (Å²) in [6.07, 6.45) is 2.59. The molecule has 2 rings (SSSR count). The molecule has 0 aliphatic rings. The molecule has 0 aliphatic heterocycles. The highest BCUT2D eigenvalue weighted by Gasteiger charge is 2.00. The summed E-state index contributed by atoms with van der Waals surface area (Å²) >= 11 is 0. The van der Waals surface area contributed by atoms with Gasteiger partial charge in [-0.1, -0.05) is 25.1 Å². The minimum absolute atomic E-state index is 0.616. The lowest BCUT2D eigenvalue weighted by Gasteiger charge is -2.02. The predicted molar refractivity (Wildman–Crippen MR) is 55.8 cm³/mol. The van der Waals surface area contributed by atoms with Crippen molar-refractivity contribution in [2.75, 3.05) is 0 Å². The maximum Gasteiger partial charge on any atom is 0.101 e. The average Bonchev–Trinajstić information content (AvgIpc) is 2.27. The molecule has 1 heterocycles. The maximum absolute atomic E-state index is 8.73. The Hall–Kier alpha value is -1.88. The average molecular weight is 182 g/mol. The standard InChI is InChI=1S/C12H10N2/c1-2-10-4-3-5-11-6-9(7-13)8-14-12(10)11/h3-6,8H,2H2,1H3. The summed E-state index contributed by atoms with van der Waals surface area (Å²) in [4.78, 5) is 4.30. The molecule has 0 radical (unpaired) electrons. The number of para-hydroxylation sites is 1. The van der Waals surface area contributed by atoms with Crippen LogP contribution in [0.2, 0.25) is 0 Å². The Kier molecular flexibility index (Phi) is 2.16. The van der Waals surface area contributed by atoms with E-state index in [1.165, 1.54) is 5.56 Å². The van der Waals surface area contributed by atoms with Crippen molar-refractivity contribution in [3.63, 3.8) is 0 Å². The summed E-state index contributed by atoms with van der Waals surface area (Å²) in [6, 6.07) is 10.0. The van der Waals surface area contributed by atoms with Crippen molar-refractivity contribution in [2.24, 2.45) is 0 Å². The Morgan fingerprint density at radius 3 is 3.00 bits per heavy atom. The van der Waals surface area contributed by atoms with E-state index >= 15 is 0 Å². The molecule has 2 heteroatoms. The van der Waals surface area contributed by atoms with Gasteiger partial charge in [-0.15, -0.1) is 0 Å². The Morgan fingerprint density at radius 2 is 2.29 bits per heavy atom. The van der Waals surface area contributed by atoms with Crippen LogP contribution in [0.15, 0.2) is 30.5 Å². The summed E-state index contributed by atoms with van der Waals surface area (Å²) in [5.41, 5.74) is 2.85. The molecule has 0 atom stereocenters. The number of fused-ring (bicyclic) bond motifs is 1. The first-order chi connectivity index (χ1) is 6.85. The molecule has 2 aromatic rings. The Balaban J connectivity index is 2.75. The lowest BCUT2D eigenvalue weighted by atomic mass is 10.1. The Morgan fingerprint density at radius 1 is 1.43 bits per heavy atom. The summed E-state index contributed by atoms with van der Waals surface area (Å²) in [5, 5.41) is 9.78. The molecule has 14 heavy (non-hydrogen) atoms. The molecule has 2 nitrogen and oxygen atoms in total. The van der Waals surface area contributed by atoms with Gasteiger partial charge in [-0.05, 0) is 18.1 Å². The molecule has 1 aromatic heterocycles. The van der Waals surface area contributed by atoms with E-state index in [2.05, 4.69) is 24.0 Å². The van der Waals surface area contributed by atoms with E-state index in [4.69, 9.17) is 5.26 Å². The zero-order valence-corrected chi connectivity index (χ0v) is 7.99. The van der Waals surface area contributed by atoms with Crippen molar-refractivity contribution < 1.29 is 0 Å². The third kappa shape index (κ3) is 1.33. The van der Waals surface area contributed by atoms with Crippen molar-refractivity contribution in [2.45, 2.75) is 13.3 Å². The quantitative estimate of drug-likeness (QED) is 0.679. The number of nitrogens with zero attached hydrogens (tertiary/aromatic N) is 2. The van der Waals surface area contributed by atoms with Gasteiger partial charge in [0.05, 0.1) is 11.1 Å². The van der Waals surface area contributed by atoms with Gasteiger partial charge in [-0.2, -0.15) is 5.26 Å². The summed E-state index contributed by atoms with van der Waals surface area (Å²) < 4.78 is 0. The molecule has 0 saturated heterocycles. The van der Waals surface area contributed by atoms with E-state index in [1.54, 1.807) is 6.20 Å². The van der Waals surface area contributed by atoms with Crippen molar-refractivity contribution in [3.05, 3.63) is 41.6 Å². The summed E-state index contributed by atoms with van der Waals surface area (Å²) in [6.45, 7) is 2.11. The molecule has 1 aromatic carbocycles. The fourth-order valence-electron chi connectivity index (χ4n) is 1.57. The number of hydrogen-bond donors (Lipinski definition) is 0. The van der Waals surface area contributed by atoms with Crippen LogP contribution >= 0.6 is 0 Å². The zero-order valence-electron chi connectivity index (χ0n) is 7.99. The second-order valence-electron chi connectivity index (χ2n) is 3.18. The summed E-state index contributed by atoms with van der Waals surface area (Å²) in [7, 11) is 0. The lowest BCUT2D eigenvalue weighted by molar-refractivity contribution is 1.14. The largest absolute Gasteiger partial charge is 0.255 e. The fourth-order valence-corrected chi connectivity index (χ4v) is 1.57. The van der Waals surface area contributed by atoms with Crippen LogP contribution in [0, 0.1) is 11.3 Å². The molecule has 68 valence electrons. The molecule has 0 spiro atoms. The van der Waals surface area contributed by atoms with Crippen LogP contribution in [-0.4, -0.2) is 4.98 Å². The molecule has 0 fully saturated rings. The monoisotopic (exact) mass is 182 g/mol. The van der Waals surface area contributed by atoms with Gasteiger partial charge in [0.1, 0.15) is 6.07 Å². The zero-order chi connectivity index (χ0) is 9.97. The normalized spacial score (nSPS) is 10.0. The molecule has 0 bridgehead atoms. The molecule has 0 saturated carbocycles. The number of aryl methyl sites for hydroxylation is 1. The molecular weight excluding hydrogens is 172 g/mol. The number of hydrogen-bond acceptors (Lipinski definition) is 2. The topological polar surface area (TPSA) is 36.7 Å². The SMILES string of the molecule is CCc1cccc2cc(C#N)cnc12. The molecule has 0 unspecified atom stereocenters. The lowest BCUT2D eigenvalue weighted by Crippen LogP contribution is -1.88. The van der Waals surface area contributed by atoms with E-state index in [0.29, 0.717) is 5.56 Å². The van der Waals surface area contributed by atoms with Crippen LogP contribution in [0.4, 0.5) is 0 Å². The predicted octanol–water partition coefficient (Wildman–Crippen LogP) is 2.67. The van der Waals surface area contributed by atoms with Crippen LogP contribution in [0.25, 0.3) is 10.9 Å². The van der Waals surface area contributed by atoms with Gasteiger partial charge in [-0.3, -0.25) is 4.98 Å². The second kappa shape index (κ2) is 3.47. The highest BCUT2D eigenvalue weighted by molar-refractivity contribution is 5.82. The number of rotatable bonds is 1. The minimum atomic E-state index is 0.616. The van der Waals surface area contributed by atoms with Gasteiger partial charge in [0.25, 0.3) is 0 Å². The van der Waals surface area contributed by atoms with Crippen LogP contribution in [-0.2, 0) is 6.42 Å². The van der Waals surface area contributed by atoms with E-state index in [-0.39, 0.29) is 0 Å². The highest BCUT2D eigenvalue weighted by Crippen LogP contribution is 2.17.